The number of aromatic nitrogens is 2. The van der Waals surface area contributed by atoms with E-state index in [1.165, 1.54) is 0 Å². The second kappa shape index (κ2) is 7.77. The van der Waals surface area contributed by atoms with E-state index >= 15 is 0 Å². The molecule has 0 saturated carbocycles. The second-order valence-electron chi connectivity index (χ2n) is 6.81. The van der Waals surface area contributed by atoms with Crippen LogP contribution < -0.4 is 4.74 Å². The number of hydrogen-bond donors (Lipinski definition) is 0. The summed E-state index contributed by atoms with van der Waals surface area (Å²) in [7, 11) is 0. The molecule has 0 radical (unpaired) electrons. The van der Waals surface area contributed by atoms with Gasteiger partial charge >= 0.3 is 12.2 Å². The molecule has 0 unspecified atom stereocenters. The number of nitrogens with zero attached hydrogens (tertiary/aromatic N) is 4. The highest BCUT2D eigenvalue weighted by molar-refractivity contribution is 5.73. The van der Waals surface area contributed by atoms with Crippen LogP contribution in [0.1, 0.15) is 38.3 Å². The summed E-state index contributed by atoms with van der Waals surface area (Å²) < 4.78 is 43.7. The van der Waals surface area contributed by atoms with Gasteiger partial charge in [-0.2, -0.15) is 18.2 Å². The highest BCUT2D eigenvalue weighted by atomic mass is 19.4. The average molecular weight is 372 g/mol. The summed E-state index contributed by atoms with van der Waals surface area (Å²) in [6.45, 7) is 4.82. The Morgan fingerprint density at radius 1 is 1.15 bits per heavy atom. The first-order valence-electron chi connectivity index (χ1n) is 8.89. The van der Waals surface area contributed by atoms with Crippen LogP contribution >= 0.6 is 0 Å². The summed E-state index contributed by atoms with van der Waals surface area (Å²) in [5.41, 5.74) is -0.989. The predicted octanol–water partition coefficient (Wildman–Crippen LogP) is 2.35. The molecular weight excluding hydrogens is 349 g/mol. The first-order valence-corrected chi connectivity index (χ1v) is 8.89. The maximum Gasteiger partial charge on any atom is 0.433 e. The molecule has 0 N–H and O–H groups in total. The number of likely N-dealkylation sites (tertiary alicyclic amines) is 2. The molecular formula is C17H23F3N4O2. The Morgan fingerprint density at radius 2 is 1.81 bits per heavy atom. The Hall–Kier alpha value is -1.90. The monoisotopic (exact) mass is 372 g/mol. The normalized spacial score (nSPS) is 21.0. The van der Waals surface area contributed by atoms with Crippen LogP contribution in [0, 0.1) is 0 Å². The van der Waals surface area contributed by atoms with Gasteiger partial charge in [-0.1, -0.05) is 0 Å². The summed E-state index contributed by atoms with van der Waals surface area (Å²) >= 11 is 0. The summed E-state index contributed by atoms with van der Waals surface area (Å²) in [5, 5.41) is 0. The number of carbonyl (C=O) groups is 1. The van der Waals surface area contributed by atoms with E-state index in [2.05, 4.69) is 14.9 Å². The summed E-state index contributed by atoms with van der Waals surface area (Å²) in [5.74, 6) is 0.122. The number of rotatable bonds is 3. The minimum Gasteiger partial charge on any atom is -0.460 e. The van der Waals surface area contributed by atoms with Crippen LogP contribution in [0.2, 0.25) is 0 Å². The van der Waals surface area contributed by atoms with Gasteiger partial charge < -0.3 is 9.64 Å². The second-order valence-corrected chi connectivity index (χ2v) is 6.81. The van der Waals surface area contributed by atoms with E-state index in [4.69, 9.17) is 4.74 Å². The largest absolute Gasteiger partial charge is 0.460 e. The average Bonchev–Trinajstić information content (AvgIpc) is 2.62. The molecule has 2 saturated heterocycles. The van der Waals surface area contributed by atoms with Crippen LogP contribution in [0.3, 0.4) is 0 Å². The molecule has 144 valence electrons. The number of carbonyl (C=O) groups excluding carboxylic acids is 1. The molecule has 2 aliphatic rings. The van der Waals surface area contributed by atoms with Gasteiger partial charge in [-0.15, -0.1) is 0 Å². The molecule has 0 spiro atoms. The first kappa shape index (κ1) is 18.9. The minimum absolute atomic E-state index is 0.122. The Labute approximate surface area is 150 Å². The standard InChI is InChI=1S/C17H23F3N4O2/c1-12(25)23-8-3-13(4-9-23)24-10-5-14(6-11-24)26-16-21-7-2-15(22-16)17(18,19)20/h2,7,13-14H,3-6,8-11H2,1H3. The van der Waals surface area contributed by atoms with Gasteiger partial charge in [-0.05, 0) is 31.7 Å². The molecule has 9 heteroatoms. The number of hydrogen-bond acceptors (Lipinski definition) is 5. The van der Waals surface area contributed by atoms with Gasteiger partial charge in [0.1, 0.15) is 6.10 Å². The molecule has 1 aromatic rings. The summed E-state index contributed by atoms with van der Waals surface area (Å²) in [6, 6.07) is 1.08. The fourth-order valence-corrected chi connectivity index (χ4v) is 3.61. The van der Waals surface area contributed by atoms with Crippen molar-refractivity contribution < 1.29 is 22.7 Å². The molecule has 0 aromatic carbocycles. The molecule has 1 amide bonds. The lowest BCUT2D eigenvalue weighted by molar-refractivity contribution is -0.141. The van der Waals surface area contributed by atoms with Crippen molar-refractivity contribution in [1.82, 2.24) is 19.8 Å². The molecule has 0 aliphatic carbocycles. The van der Waals surface area contributed by atoms with Crippen LogP contribution in [0.4, 0.5) is 13.2 Å². The Balaban J connectivity index is 1.48. The zero-order chi connectivity index (χ0) is 18.7. The molecule has 3 heterocycles. The number of ether oxygens (including phenoxy) is 1. The van der Waals surface area contributed by atoms with Gasteiger partial charge in [0.2, 0.25) is 5.91 Å². The van der Waals surface area contributed by atoms with Crippen molar-refractivity contribution in [3.8, 4) is 6.01 Å². The van der Waals surface area contributed by atoms with Crippen molar-refractivity contribution in [3.05, 3.63) is 18.0 Å². The summed E-state index contributed by atoms with van der Waals surface area (Å²) in [6.07, 6.45) is -0.225. The lowest BCUT2D eigenvalue weighted by Crippen LogP contribution is -2.49. The highest BCUT2D eigenvalue weighted by Crippen LogP contribution is 2.28. The molecule has 0 bridgehead atoms. The predicted molar refractivity (Wildman–Crippen MR) is 87.5 cm³/mol. The fraction of sp³-hybridized carbons (Fsp3) is 0.706. The lowest BCUT2D eigenvalue weighted by Gasteiger charge is -2.41. The van der Waals surface area contributed by atoms with Crippen molar-refractivity contribution in [2.75, 3.05) is 26.2 Å². The van der Waals surface area contributed by atoms with E-state index in [0.717, 1.165) is 64.1 Å². The van der Waals surface area contributed by atoms with Crippen LogP contribution in [0.15, 0.2) is 12.3 Å². The minimum atomic E-state index is -4.50. The van der Waals surface area contributed by atoms with Crippen molar-refractivity contribution >= 4 is 5.91 Å². The zero-order valence-electron chi connectivity index (χ0n) is 14.7. The number of amides is 1. The van der Waals surface area contributed by atoms with E-state index in [1.54, 1.807) is 6.92 Å². The Morgan fingerprint density at radius 3 is 2.38 bits per heavy atom. The zero-order valence-corrected chi connectivity index (χ0v) is 14.7. The van der Waals surface area contributed by atoms with Gasteiger partial charge in [0.15, 0.2) is 5.69 Å². The third-order valence-corrected chi connectivity index (χ3v) is 5.10. The topological polar surface area (TPSA) is 58.6 Å². The Kier molecular flexibility index (Phi) is 5.64. The molecule has 0 atom stereocenters. The SMILES string of the molecule is CC(=O)N1CCC(N2CCC(Oc3nccc(C(F)(F)F)n3)CC2)CC1. The molecule has 26 heavy (non-hydrogen) atoms. The van der Waals surface area contributed by atoms with Crippen LogP contribution in [-0.2, 0) is 11.0 Å². The molecule has 1 aromatic heterocycles. The third kappa shape index (κ3) is 4.63. The van der Waals surface area contributed by atoms with E-state index < -0.39 is 11.9 Å². The number of piperidine rings is 2. The van der Waals surface area contributed by atoms with Crippen molar-refractivity contribution in [2.24, 2.45) is 0 Å². The fourth-order valence-electron chi connectivity index (χ4n) is 3.61. The molecule has 3 rings (SSSR count). The van der Waals surface area contributed by atoms with Crippen molar-refractivity contribution in [2.45, 2.75) is 50.9 Å². The van der Waals surface area contributed by atoms with Gasteiger partial charge in [0, 0.05) is 45.3 Å². The van der Waals surface area contributed by atoms with Crippen molar-refractivity contribution in [3.63, 3.8) is 0 Å². The van der Waals surface area contributed by atoms with E-state index in [0.29, 0.717) is 6.04 Å². The number of alkyl halides is 3. The quantitative estimate of drug-likeness (QED) is 0.815. The van der Waals surface area contributed by atoms with Crippen LogP contribution in [0.5, 0.6) is 6.01 Å². The van der Waals surface area contributed by atoms with Gasteiger partial charge in [-0.3, -0.25) is 9.69 Å². The van der Waals surface area contributed by atoms with E-state index in [1.807, 2.05) is 4.90 Å². The van der Waals surface area contributed by atoms with Crippen LogP contribution in [-0.4, -0.2) is 64.0 Å². The van der Waals surface area contributed by atoms with Crippen molar-refractivity contribution in [1.29, 1.82) is 0 Å². The van der Waals surface area contributed by atoms with E-state index in [9.17, 15) is 18.0 Å². The highest BCUT2D eigenvalue weighted by Gasteiger charge is 2.34. The van der Waals surface area contributed by atoms with Gasteiger partial charge in [0.25, 0.3) is 0 Å². The maximum atomic E-state index is 12.7. The molecule has 6 nitrogen and oxygen atoms in total. The Bertz CT molecular complexity index is 625. The summed E-state index contributed by atoms with van der Waals surface area (Å²) in [4.78, 5) is 22.9. The lowest BCUT2D eigenvalue weighted by atomic mass is 9.99. The maximum absolute atomic E-state index is 12.7. The number of halogens is 3. The first-order chi connectivity index (χ1) is 12.3. The molecule has 2 fully saturated rings. The molecule has 2 aliphatic heterocycles. The van der Waals surface area contributed by atoms with E-state index in [-0.39, 0.29) is 18.0 Å². The third-order valence-electron chi connectivity index (χ3n) is 5.10. The van der Waals surface area contributed by atoms with Gasteiger partial charge in [0.05, 0.1) is 0 Å². The smallest absolute Gasteiger partial charge is 0.433 e. The van der Waals surface area contributed by atoms with Crippen LogP contribution in [0.25, 0.3) is 0 Å². The van der Waals surface area contributed by atoms with Gasteiger partial charge in [-0.25, -0.2) is 4.98 Å².